The van der Waals surface area contributed by atoms with Crippen LogP contribution < -0.4 is 10.6 Å². The molecular weight excluding hydrogens is 314 g/mol. The fraction of sp³-hybridized carbons (Fsp3) is 0.300. The molecule has 2 aromatic rings. The van der Waals surface area contributed by atoms with Gasteiger partial charge in [-0.15, -0.1) is 0 Å². The Hall–Kier alpha value is -2.82. The van der Waals surface area contributed by atoms with E-state index in [9.17, 15) is 9.59 Å². The molecule has 1 atom stereocenters. The van der Waals surface area contributed by atoms with Crippen LogP contribution in [-0.4, -0.2) is 29.4 Å². The van der Waals surface area contributed by atoms with Gasteiger partial charge < -0.3 is 15.5 Å². The third kappa shape index (κ3) is 3.82. The topological polar surface area (TPSA) is 61.4 Å². The number of hydrogen-bond donors (Lipinski definition) is 2. The van der Waals surface area contributed by atoms with E-state index in [4.69, 9.17) is 0 Å². The fourth-order valence-corrected chi connectivity index (χ4v) is 3.22. The molecule has 0 spiro atoms. The molecule has 2 N–H and O–H groups in total. The highest BCUT2D eigenvalue weighted by molar-refractivity contribution is 6.00. The minimum absolute atomic E-state index is 0.127. The number of rotatable bonds is 3. The monoisotopic (exact) mass is 337 g/mol. The lowest BCUT2D eigenvalue weighted by molar-refractivity contribution is -0.119. The first-order chi connectivity index (χ1) is 12.1. The largest absolute Gasteiger partial charge is 0.324 e. The minimum Gasteiger partial charge on any atom is -0.324 e. The SMILES string of the molecule is Cc1cccc(C)c1NC(=O)[C@H]1CCCN1C(=O)Nc1ccccc1. The predicted octanol–water partition coefficient (Wildman–Crippen LogP) is 3.94. The molecule has 1 fully saturated rings. The van der Waals surface area contributed by atoms with Gasteiger partial charge in [-0.05, 0) is 49.9 Å². The van der Waals surface area contributed by atoms with Crippen molar-refractivity contribution in [2.75, 3.05) is 17.2 Å². The molecule has 2 aromatic carbocycles. The molecule has 5 nitrogen and oxygen atoms in total. The minimum atomic E-state index is -0.442. The second-order valence-corrected chi connectivity index (χ2v) is 6.40. The number of aryl methyl sites for hydroxylation is 2. The molecule has 25 heavy (non-hydrogen) atoms. The number of carbonyl (C=O) groups is 2. The van der Waals surface area contributed by atoms with Crippen molar-refractivity contribution in [2.45, 2.75) is 32.7 Å². The van der Waals surface area contributed by atoms with Crippen molar-refractivity contribution in [2.24, 2.45) is 0 Å². The molecule has 0 bridgehead atoms. The molecule has 130 valence electrons. The Morgan fingerprint density at radius 3 is 2.32 bits per heavy atom. The first-order valence-electron chi connectivity index (χ1n) is 8.56. The zero-order valence-corrected chi connectivity index (χ0v) is 14.6. The molecule has 0 radical (unpaired) electrons. The van der Waals surface area contributed by atoms with Crippen LogP contribution in [0.3, 0.4) is 0 Å². The van der Waals surface area contributed by atoms with Gasteiger partial charge in [0.05, 0.1) is 0 Å². The molecule has 5 heteroatoms. The van der Waals surface area contributed by atoms with Crippen molar-refractivity contribution in [3.63, 3.8) is 0 Å². The Labute approximate surface area is 148 Å². The maximum absolute atomic E-state index is 12.8. The number of para-hydroxylation sites is 2. The average molecular weight is 337 g/mol. The summed E-state index contributed by atoms with van der Waals surface area (Å²) in [5.41, 5.74) is 3.61. The zero-order valence-electron chi connectivity index (χ0n) is 14.6. The third-order valence-electron chi connectivity index (χ3n) is 4.57. The first-order valence-corrected chi connectivity index (χ1v) is 8.56. The molecule has 3 rings (SSSR count). The number of carbonyl (C=O) groups excluding carboxylic acids is 2. The third-order valence-corrected chi connectivity index (χ3v) is 4.57. The smallest absolute Gasteiger partial charge is 0.322 e. The second kappa shape index (κ2) is 7.38. The van der Waals surface area contributed by atoms with Crippen LogP contribution in [0.15, 0.2) is 48.5 Å². The number of urea groups is 1. The van der Waals surface area contributed by atoms with E-state index in [0.717, 1.165) is 28.9 Å². The Morgan fingerprint density at radius 1 is 0.960 bits per heavy atom. The summed E-state index contributed by atoms with van der Waals surface area (Å²) >= 11 is 0. The van der Waals surface area contributed by atoms with E-state index in [1.165, 1.54) is 0 Å². The van der Waals surface area contributed by atoms with Crippen molar-refractivity contribution < 1.29 is 9.59 Å². The number of hydrogen-bond acceptors (Lipinski definition) is 2. The quantitative estimate of drug-likeness (QED) is 0.891. The molecule has 3 amide bonds. The van der Waals surface area contributed by atoms with Gasteiger partial charge in [0.25, 0.3) is 0 Å². The summed E-state index contributed by atoms with van der Waals surface area (Å²) in [5, 5.41) is 5.87. The molecule has 0 saturated carbocycles. The molecule has 0 unspecified atom stereocenters. The number of likely N-dealkylation sites (tertiary alicyclic amines) is 1. The molecule has 1 heterocycles. The highest BCUT2D eigenvalue weighted by Gasteiger charge is 2.34. The van der Waals surface area contributed by atoms with Crippen molar-refractivity contribution in [3.8, 4) is 0 Å². The lowest BCUT2D eigenvalue weighted by Gasteiger charge is -2.25. The summed E-state index contributed by atoms with van der Waals surface area (Å²) in [5.74, 6) is -0.127. The normalized spacial score (nSPS) is 16.6. The van der Waals surface area contributed by atoms with Gasteiger partial charge in [0.15, 0.2) is 0 Å². The summed E-state index contributed by atoms with van der Waals surface area (Å²) in [4.78, 5) is 26.9. The highest BCUT2D eigenvalue weighted by atomic mass is 16.2. The van der Waals surface area contributed by atoms with E-state index >= 15 is 0 Å². The summed E-state index contributed by atoms with van der Waals surface area (Å²) in [7, 11) is 0. The van der Waals surface area contributed by atoms with E-state index in [-0.39, 0.29) is 11.9 Å². The van der Waals surface area contributed by atoms with Crippen LogP contribution in [0.2, 0.25) is 0 Å². The van der Waals surface area contributed by atoms with Gasteiger partial charge in [0.2, 0.25) is 5.91 Å². The molecule has 0 aliphatic carbocycles. The van der Waals surface area contributed by atoms with Gasteiger partial charge in [0.1, 0.15) is 6.04 Å². The van der Waals surface area contributed by atoms with Gasteiger partial charge in [-0.25, -0.2) is 4.79 Å². The van der Waals surface area contributed by atoms with Crippen LogP contribution in [0.25, 0.3) is 0 Å². The van der Waals surface area contributed by atoms with Crippen LogP contribution in [0.4, 0.5) is 16.2 Å². The zero-order chi connectivity index (χ0) is 17.8. The van der Waals surface area contributed by atoms with Gasteiger partial charge in [-0.1, -0.05) is 36.4 Å². The first kappa shape index (κ1) is 17.0. The Morgan fingerprint density at radius 2 is 1.64 bits per heavy atom. The van der Waals surface area contributed by atoms with E-state index < -0.39 is 6.04 Å². The molecule has 1 aliphatic rings. The van der Waals surface area contributed by atoms with Gasteiger partial charge >= 0.3 is 6.03 Å². The van der Waals surface area contributed by atoms with Gasteiger partial charge in [0, 0.05) is 17.9 Å². The lowest BCUT2D eigenvalue weighted by atomic mass is 10.1. The van der Waals surface area contributed by atoms with Crippen LogP contribution in [-0.2, 0) is 4.79 Å². The van der Waals surface area contributed by atoms with E-state index in [0.29, 0.717) is 13.0 Å². The Kier molecular flexibility index (Phi) is 5.03. The summed E-state index contributed by atoms with van der Waals surface area (Å²) in [6.07, 6.45) is 1.51. The van der Waals surface area contributed by atoms with Crippen LogP contribution in [0.1, 0.15) is 24.0 Å². The standard InChI is InChI=1S/C20H23N3O2/c1-14-8-6-9-15(2)18(14)22-19(24)17-12-7-13-23(17)20(25)21-16-10-4-3-5-11-16/h3-6,8-11,17H,7,12-13H2,1-2H3,(H,21,25)(H,22,24)/t17-/m1/s1. The van der Waals surface area contributed by atoms with E-state index in [2.05, 4.69) is 10.6 Å². The Balaban J connectivity index is 1.70. The van der Waals surface area contributed by atoms with Crippen LogP contribution >= 0.6 is 0 Å². The van der Waals surface area contributed by atoms with Crippen molar-refractivity contribution in [1.29, 1.82) is 0 Å². The maximum Gasteiger partial charge on any atom is 0.322 e. The number of nitrogens with one attached hydrogen (secondary N) is 2. The van der Waals surface area contributed by atoms with Crippen molar-refractivity contribution in [1.82, 2.24) is 4.90 Å². The van der Waals surface area contributed by atoms with Crippen molar-refractivity contribution >= 4 is 23.3 Å². The number of amides is 3. The fourth-order valence-electron chi connectivity index (χ4n) is 3.22. The maximum atomic E-state index is 12.8. The molecule has 1 aliphatic heterocycles. The Bertz CT molecular complexity index is 754. The average Bonchev–Trinajstić information content (AvgIpc) is 3.09. The number of nitrogens with zero attached hydrogens (tertiary/aromatic N) is 1. The van der Waals surface area contributed by atoms with Crippen LogP contribution in [0, 0.1) is 13.8 Å². The van der Waals surface area contributed by atoms with Gasteiger partial charge in [-0.2, -0.15) is 0 Å². The lowest BCUT2D eigenvalue weighted by Crippen LogP contribution is -2.45. The number of anilines is 2. The summed E-state index contributed by atoms with van der Waals surface area (Å²) < 4.78 is 0. The second-order valence-electron chi connectivity index (χ2n) is 6.40. The van der Waals surface area contributed by atoms with E-state index in [1.807, 2.05) is 62.4 Å². The molecule has 0 aromatic heterocycles. The van der Waals surface area contributed by atoms with Crippen LogP contribution in [0.5, 0.6) is 0 Å². The van der Waals surface area contributed by atoms with Gasteiger partial charge in [-0.3, -0.25) is 4.79 Å². The predicted molar refractivity (Wildman–Crippen MR) is 99.7 cm³/mol. The number of benzene rings is 2. The van der Waals surface area contributed by atoms with E-state index in [1.54, 1.807) is 4.90 Å². The highest BCUT2D eigenvalue weighted by Crippen LogP contribution is 2.24. The summed E-state index contributed by atoms with van der Waals surface area (Å²) in [6.45, 7) is 4.53. The molecule has 1 saturated heterocycles. The van der Waals surface area contributed by atoms with Crippen molar-refractivity contribution in [3.05, 3.63) is 59.7 Å². The molecular formula is C20H23N3O2. The summed E-state index contributed by atoms with van der Waals surface area (Å²) in [6, 6.07) is 14.5.